The Balaban J connectivity index is 1.49. The molecule has 3 rings (SSSR count). The molecule has 1 fully saturated rings. The van der Waals surface area contributed by atoms with Crippen LogP contribution in [0.15, 0.2) is 22.7 Å². The number of benzene rings is 1. The third-order valence-corrected chi connectivity index (χ3v) is 6.17. The van der Waals surface area contributed by atoms with Crippen LogP contribution in [0, 0.1) is 5.82 Å². The fraction of sp³-hybridized carbons (Fsp3) is 0.471. The van der Waals surface area contributed by atoms with Crippen LogP contribution in [0.25, 0.3) is 0 Å². The molecule has 0 aliphatic carbocycles. The summed E-state index contributed by atoms with van der Waals surface area (Å²) in [5.74, 6) is 0.0259. The number of halogens is 2. The van der Waals surface area contributed by atoms with Gasteiger partial charge in [0.25, 0.3) is 5.91 Å². The van der Waals surface area contributed by atoms with Crippen LogP contribution in [0.4, 0.5) is 4.39 Å². The second kappa shape index (κ2) is 8.54. The van der Waals surface area contributed by atoms with E-state index < -0.39 is 15.8 Å². The van der Waals surface area contributed by atoms with Gasteiger partial charge in [0, 0.05) is 37.5 Å². The predicted molar refractivity (Wildman–Crippen MR) is 100 cm³/mol. The molecule has 0 bridgehead atoms. The largest absolute Gasteiger partial charge is 0.352 e. The lowest BCUT2D eigenvalue weighted by molar-refractivity contribution is 0.0953. The van der Waals surface area contributed by atoms with E-state index in [0.29, 0.717) is 44.1 Å². The maximum absolute atomic E-state index is 13.1. The van der Waals surface area contributed by atoms with Crippen LogP contribution in [0.2, 0.25) is 5.02 Å². The Morgan fingerprint density at radius 1 is 1.39 bits per heavy atom. The summed E-state index contributed by atoms with van der Waals surface area (Å²) in [6.45, 7) is 1.13. The fourth-order valence-electron chi connectivity index (χ4n) is 3.00. The molecule has 1 saturated heterocycles. The molecule has 1 aromatic carbocycles. The van der Waals surface area contributed by atoms with Gasteiger partial charge in [-0.3, -0.25) is 4.79 Å². The first kappa shape index (κ1) is 20.7. The Kier molecular flexibility index (Phi) is 6.31. The number of nitrogens with zero attached hydrogens (tertiary/aromatic N) is 3. The normalized spacial score (nSPS) is 16.2. The average molecular weight is 431 g/mol. The van der Waals surface area contributed by atoms with Gasteiger partial charge in [0.05, 0.1) is 11.3 Å². The molecule has 2 aromatic rings. The molecule has 0 spiro atoms. The third kappa shape index (κ3) is 5.06. The van der Waals surface area contributed by atoms with E-state index in [9.17, 15) is 17.6 Å². The van der Waals surface area contributed by atoms with Crippen molar-refractivity contribution in [2.24, 2.45) is 0 Å². The first-order valence-electron chi connectivity index (χ1n) is 8.75. The molecule has 11 heteroatoms. The molecular formula is C17H20ClFN4O4S. The van der Waals surface area contributed by atoms with Crippen molar-refractivity contribution in [1.29, 1.82) is 0 Å². The summed E-state index contributed by atoms with van der Waals surface area (Å²) in [6.07, 6.45) is 2.81. The van der Waals surface area contributed by atoms with Gasteiger partial charge in [-0.05, 0) is 31.0 Å². The summed E-state index contributed by atoms with van der Waals surface area (Å²) >= 11 is 5.67. The second-order valence-corrected chi connectivity index (χ2v) is 9.01. The zero-order chi connectivity index (χ0) is 20.3. The van der Waals surface area contributed by atoms with Gasteiger partial charge >= 0.3 is 0 Å². The van der Waals surface area contributed by atoms with E-state index in [1.807, 2.05) is 0 Å². The molecule has 0 radical (unpaired) electrons. The smallest absolute Gasteiger partial charge is 0.251 e. The fourth-order valence-corrected chi connectivity index (χ4v) is 4.06. The number of nitrogens with one attached hydrogen (secondary N) is 1. The van der Waals surface area contributed by atoms with Gasteiger partial charge in [-0.15, -0.1) is 0 Å². The molecule has 1 aliphatic rings. The highest BCUT2D eigenvalue weighted by Gasteiger charge is 2.28. The topological polar surface area (TPSA) is 105 Å². The predicted octanol–water partition coefficient (Wildman–Crippen LogP) is 1.97. The van der Waals surface area contributed by atoms with Crippen molar-refractivity contribution in [2.75, 3.05) is 25.9 Å². The minimum absolute atomic E-state index is 0.0476. The van der Waals surface area contributed by atoms with Gasteiger partial charge in [0.2, 0.25) is 15.9 Å². The lowest BCUT2D eigenvalue weighted by Gasteiger charge is -2.28. The van der Waals surface area contributed by atoms with Crippen molar-refractivity contribution in [2.45, 2.75) is 25.2 Å². The molecule has 28 heavy (non-hydrogen) atoms. The van der Waals surface area contributed by atoms with E-state index in [1.165, 1.54) is 22.7 Å². The molecule has 1 aromatic heterocycles. The van der Waals surface area contributed by atoms with Crippen molar-refractivity contribution in [1.82, 2.24) is 19.8 Å². The molecule has 152 valence electrons. The van der Waals surface area contributed by atoms with Crippen molar-refractivity contribution < 1.29 is 22.1 Å². The number of rotatable bonds is 6. The number of piperidine rings is 1. The number of hydrogen-bond acceptors (Lipinski definition) is 6. The van der Waals surface area contributed by atoms with Gasteiger partial charge < -0.3 is 9.84 Å². The summed E-state index contributed by atoms with van der Waals surface area (Å²) in [5.41, 5.74) is 0.259. The minimum Gasteiger partial charge on any atom is -0.352 e. The number of carbonyl (C=O) groups excluding carboxylic acids is 1. The van der Waals surface area contributed by atoms with E-state index in [-0.39, 0.29) is 29.0 Å². The molecule has 2 heterocycles. The molecule has 0 atom stereocenters. The number of aromatic nitrogens is 2. The Bertz CT molecular complexity index is 958. The third-order valence-electron chi connectivity index (χ3n) is 4.58. The van der Waals surface area contributed by atoms with Gasteiger partial charge in [-0.2, -0.15) is 4.98 Å². The van der Waals surface area contributed by atoms with Crippen LogP contribution in [-0.2, 0) is 16.4 Å². The maximum atomic E-state index is 13.1. The Hall–Kier alpha value is -2.04. The maximum Gasteiger partial charge on any atom is 0.251 e. The van der Waals surface area contributed by atoms with Crippen molar-refractivity contribution in [3.05, 3.63) is 46.3 Å². The highest BCUT2D eigenvalue weighted by molar-refractivity contribution is 7.88. The van der Waals surface area contributed by atoms with Gasteiger partial charge in [0.15, 0.2) is 5.82 Å². The van der Waals surface area contributed by atoms with Crippen LogP contribution < -0.4 is 5.32 Å². The van der Waals surface area contributed by atoms with Gasteiger partial charge in [-0.1, -0.05) is 16.8 Å². The lowest BCUT2D eigenvalue weighted by Crippen LogP contribution is -2.37. The number of amides is 1. The van der Waals surface area contributed by atoms with Crippen molar-refractivity contribution in [3.8, 4) is 0 Å². The zero-order valence-corrected chi connectivity index (χ0v) is 16.8. The Morgan fingerprint density at radius 2 is 2.11 bits per heavy atom. The average Bonchev–Trinajstić information content (AvgIpc) is 3.12. The summed E-state index contributed by atoms with van der Waals surface area (Å²) in [7, 11) is -3.17. The molecule has 8 nitrogen and oxygen atoms in total. The highest BCUT2D eigenvalue weighted by Crippen LogP contribution is 2.27. The number of hydrogen-bond donors (Lipinski definition) is 1. The first-order valence-corrected chi connectivity index (χ1v) is 11.0. The van der Waals surface area contributed by atoms with E-state index in [2.05, 4.69) is 15.5 Å². The molecule has 0 unspecified atom stereocenters. The van der Waals surface area contributed by atoms with Crippen molar-refractivity contribution in [3.63, 3.8) is 0 Å². The van der Waals surface area contributed by atoms with E-state index >= 15 is 0 Å². The number of carbonyl (C=O) groups is 1. The quantitative estimate of drug-likeness (QED) is 0.751. The zero-order valence-electron chi connectivity index (χ0n) is 15.2. The van der Waals surface area contributed by atoms with Crippen molar-refractivity contribution >= 4 is 27.5 Å². The van der Waals surface area contributed by atoms with Gasteiger partial charge in [-0.25, -0.2) is 17.1 Å². The van der Waals surface area contributed by atoms with Gasteiger partial charge in [0.1, 0.15) is 5.82 Å². The van der Waals surface area contributed by atoms with E-state index in [0.717, 1.165) is 6.07 Å². The highest BCUT2D eigenvalue weighted by atomic mass is 35.5. The van der Waals surface area contributed by atoms with Crippen LogP contribution in [0.5, 0.6) is 0 Å². The van der Waals surface area contributed by atoms with Crippen LogP contribution in [0.3, 0.4) is 0 Å². The minimum atomic E-state index is -3.17. The Morgan fingerprint density at radius 3 is 2.75 bits per heavy atom. The lowest BCUT2D eigenvalue weighted by atomic mass is 9.97. The summed E-state index contributed by atoms with van der Waals surface area (Å²) in [5, 5.41) is 6.55. The summed E-state index contributed by atoms with van der Waals surface area (Å²) in [6, 6.07) is 3.75. The van der Waals surface area contributed by atoms with E-state index in [1.54, 1.807) is 0 Å². The molecule has 1 amide bonds. The first-order chi connectivity index (χ1) is 13.2. The molecule has 0 saturated carbocycles. The SMILES string of the molecule is CS(=O)(=O)N1CCC(c2noc(CCNC(=O)c3ccc(F)c(Cl)c3)n2)CC1. The Labute approximate surface area is 167 Å². The standard InChI is InChI=1S/C17H20ClFN4O4S/c1-28(25,26)23-8-5-11(6-9-23)16-21-15(27-22-16)4-7-20-17(24)12-2-3-14(19)13(18)10-12/h2-3,10-11H,4-9H2,1H3,(H,20,24). The van der Waals surface area contributed by atoms with E-state index in [4.69, 9.17) is 16.1 Å². The second-order valence-electron chi connectivity index (χ2n) is 6.62. The van der Waals surface area contributed by atoms with Crippen LogP contribution in [0.1, 0.15) is 40.8 Å². The van der Waals surface area contributed by atoms with Crippen LogP contribution in [-0.4, -0.2) is 54.7 Å². The number of sulfonamides is 1. The van der Waals surface area contributed by atoms with Crippen LogP contribution >= 0.6 is 11.6 Å². The summed E-state index contributed by atoms with van der Waals surface area (Å²) in [4.78, 5) is 16.4. The monoisotopic (exact) mass is 430 g/mol. The molecular weight excluding hydrogens is 411 g/mol. The molecule has 1 aliphatic heterocycles. The molecule has 1 N–H and O–H groups in total. The summed E-state index contributed by atoms with van der Waals surface area (Å²) < 4.78 is 42.9.